The maximum Gasteiger partial charge on any atom is 0.0626 e. The molecule has 9 aromatic carbocycles. The summed E-state index contributed by atoms with van der Waals surface area (Å²) < 4.78 is 7.41. The summed E-state index contributed by atoms with van der Waals surface area (Å²) in [7, 11) is 0. The molecular weight excluding hydrogens is 715 g/mol. The van der Waals surface area contributed by atoms with Crippen molar-refractivity contribution in [3.63, 3.8) is 0 Å². The highest BCUT2D eigenvalue weighted by Crippen LogP contribution is 2.48. The van der Waals surface area contributed by atoms with Gasteiger partial charge < -0.3 is 13.7 Å². The Bertz CT molecular complexity index is 3600. The van der Waals surface area contributed by atoms with Crippen molar-refractivity contribution in [2.45, 2.75) is 13.8 Å². The van der Waals surface area contributed by atoms with Crippen molar-refractivity contribution in [1.82, 2.24) is 13.7 Å². The highest BCUT2D eigenvalue weighted by molar-refractivity contribution is 6.22. The van der Waals surface area contributed by atoms with Gasteiger partial charge in [0, 0.05) is 60.5 Å². The summed E-state index contributed by atoms with van der Waals surface area (Å²) in [4.78, 5) is 0. The van der Waals surface area contributed by atoms with Crippen LogP contribution in [0.2, 0.25) is 0 Å². The molecule has 0 saturated heterocycles. The first-order chi connectivity index (χ1) is 29.2. The van der Waals surface area contributed by atoms with Gasteiger partial charge in [0.15, 0.2) is 0 Å². The zero-order valence-electron chi connectivity index (χ0n) is 32.9. The molecule has 3 nitrogen and oxygen atoms in total. The summed E-state index contributed by atoms with van der Waals surface area (Å²) in [5.41, 5.74) is 18.1. The number of hydrogen-bond acceptors (Lipinski definition) is 0. The molecule has 0 spiro atoms. The van der Waals surface area contributed by atoms with Gasteiger partial charge >= 0.3 is 0 Å². The summed E-state index contributed by atoms with van der Waals surface area (Å²) in [6.07, 6.45) is 0. The van der Waals surface area contributed by atoms with Crippen LogP contribution in [0.5, 0.6) is 0 Å². The number of rotatable bonds is 5. The SMILES string of the molecule is Cc1cccc(C)c1-c1ccc2c3ccccc3n(-c3ccccc3)c2c1-c1cccc2c3ccccc3n(-c3ccc4c(c3)c3ccccc3n4-c3ccccc3)c12. The minimum atomic E-state index is 1.14. The van der Waals surface area contributed by atoms with Crippen LogP contribution in [-0.4, -0.2) is 13.7 Å². The fourth-order valence-electron chi connectivity index (χ4n) is 10.1. The molecule has 3 heteroatoms. The second-order valence-electron chi connectivity index (χ2n) is 15.8. The number of benzene rings is 9. The van der Waals surface area contributed by atoms with Crippen LogP contribution < -0.4 is 0 Å². The molecule has 0 aliphatic carbocycles. The molecule has 12 rings (SSSR count). The minimum absolute atomic E-state index is 1.14. The van der Waals surface area contributed by atoms with Gasteiger partial charge in [0.2, 0.25) is 0 Å². The average Bonchev–Trinajstić information content (AvgIpc) is 3.93. The quantitative estimate of drug-likeness (QED) is 0.166. The number of nitrogens with zero attached hydrogens (tertiary/aromatic N) is 3. The van der Waals surface area contributed by atoms with E-state index in [1.54, 1.807) is 0 Å². The molecular formula is C56H39N3. The highest BCUT2D eigenvalue weighted by Gasteiger charge is 2.25. The molecule has 0 aliphatic heterocycles. The van der Waals surface area contributed by atoms with E-state index < -0.39 is 0 Å². The Morgan fingerprint density at radius 2 is 0.746 bits per heavy atom. The zero-order valence-corrected chi connectivity index (χ0v) is 32.9. The summed E-state index contributed by atoms with van der Waals surface area (Å²) in [6, 6.07) is 73.6. The molecule has 59 heavy (non-hydrogen) atoms. The Hall–Kier alpha value is -7.62. The van der Waals surface area contributed by atoms with E-state index in [9.17, 15) is 0 Å². The lowest BCUT2D eigenvalue weighted by atomic mass is 9.87. The van der Waals surface area contributed by atoms with Crippen molar-refractivity contribution in [2.24, 2.45) is 0 Å². The van der Waals surface area contributed by atoms with Crippen LogP contribution in [0.1, 0.15) is 11.1 Å². The van der Waals surface area contributed by atoms with Crippen molar-refractivity contribution in [1.29, 1.82) is 0 Å². The molecule has 0 radical (unpaired) electrons. The molecule has 0 aliphatic rings. The molecule has 3 heterocycles. The van der Waals surface area contributed by atoms with E-state index in [-0.39, 0.29) is 0 Å². The van der Waals surface area contributed by atoms with Crippen LogP contribution in [-0.2, 0) is 0 Å². The predicted molar refractivity (Wildman–Crippen MR) is 250 cm³/mol. The van der Waals surface area contributed by atoms with Crippen LogP contribution in [0.4, 0.5) is 0 Å². The normalized spacial score (nSPS) is 11.9. The van der Waals surface area contributed by atoms with Crippen molar-refractivity contribution < 1.29 is 0 Å². The van der Waals surface area contributed by atoms with Crippen LogP contribution in [0.15, 0.2) is 200 Å². The largest absolute Gasteiger partial charge is 0.309 e. The van der Waals surface area contributed by atoms with Gasteiger partial charge in [0.1, 0.15) is 0 Å². The Balaban J connectivity index is 1.25. The average molecular weight is 754 g/mol. The molecule has 0 unspecified atom stereocenters. The van der Waals surface area contributed by atoms with Crippen molar-refractivity contribution >= 4 is 65.4 Å². The number of para-hydroxylation sites is 6. The van der Waals surface area contributed by atoms with E-state index >= 15 is 0 Å². The first-order valence-electron chi connectivity index (χ1n) is 20.5. The first-order valence-corrected chi connectivity index (χ1v) is 20.5. The van der Waals surface area contributed by atoms with E-state index in [0.29, 0.717) is 0 Å². The maximum absolute atomic E-state index is 2.52. The third kappa shape index (κ3) is 4.88. The van der Waals surface area contributed by atoms with Gasteiger partial charge in [-0.2, -0.15) is 0 Å². The van der Waals surface area contributed by atoms with Gasteiger partial charge in [-0.05, 0) is 96.8 Å². The standard InChI is InChI=1S/C56H39N3/c1-36-17-15-18-37(2)53(36)46-33-32-45-42-24-10-13-29-50(42)58(39-21-7-4-8-22-39)56(45)54(46)47-27-16-26-44-41-23-9-14-30-51(41)59(55(44)47)40-31-34-52-48(35-40)43-25-11-12-28-49(43)57(52)38-19-5-3-6-20-38/h3-35H,1-2H3. The monoisotopic (exact) mass is 753 g/mol. The van der Waals surface area contributed by atoms with E-state index in [1.807, 2.05) is 0 Å². The number of aromatic nitrogens is 3. The van der Waals surface area contributed by atoms with E-state index in [1.165, 1.54) is 98.8 Å². The highest BCUT2D eigenvalue weighted by atomic mass is 15.0. The summed E-state index contributed by atoms with van der Waals surface area (Å²) in [6.45, 7) is 4.50. The Labute approximate surface area is 342 Å². The smallest absolute Gasteiger partial charge is 0.0626 e. The third-order valence-electron chi connectivity index (χ3n) is 12.5. The summed E-state index contributed by atoms with van der Waals surface area (Å²) in [5, 5.41) is 7.42. The number of hydrogen-bond donors (Lipinski definition) is 0. The van der Waals surface area contributed by atoms with Crippen molar-refractivity contribution in [3.05, 3.63) is 211 Å². The third-order valence-corrected chi connectivity index (χ3v) is 12.5. The molecule has 0 fully saturated rings. The van der Waals surface area contributed by atoms with Gasteiger partial charge in [0.25, 0.3) is 0 Å². The molecule has 3 aromatic heterocycles. The summed E-state index contributed by atoms with van der Waals surface area (Å²) in [5.74, 6) is 0. The van der Waals surface area contributed by atoms with Gasteiger partial charge in [-0.25, -0.2) is 0 Å². The fourth-order valence-corrected chi connectivity index (χ4v) is 10.1. The molecule has 0 N–H and O–H groups in total. The Morgan fingerprint density at radius 3 is 1.39 bits per heavy atom. The lowest BCUT2D eigenvalue weighted by Gasteiger charge is -2.20. The molecule has 0 amide bonds. The van der Waals surface area contributed by atoms with Crippen LogP contribution >= 0.6 is 0 Å². The lowest BCUT2D eigenvalue weighted by molar-refractivity contribution is 1.16. The van der Waals surface area contributed by atoms with Gasteiger partial charge in [-0.3, -0.25) is 0 Å². The lowest BCUT2D eigenvalue weighted by Crippen LogP contribution is -2.00. The van der Waals surface area contributed by atoms with Crippen molar-refractivity contribution in [3.8, 4) is 39.3 Å². The van der Waals surface area contributed by atoms with Crippen LogP contribution in [0.3, 0.4) is 0 Å². The number of aryl methyl sites for hydroxylation is 2. The van der Waals surface area contributed by atoms with Gasteiger partial charge in [-0.15, -0.1) is 0 Å². The zero-order chi connectivity index (χ0) is 39.2. The predicted octanol–water partition coefficient (Wildman–Crippen LogP) is 14.9. The van der Waals surface area contributed by atoms with Gasteiger partial charge in [-0.1, -0.05) is 140 Å². The molecule has 278 valence electrons. The van der Waals surface area contributed by atoms with Crippen LogP contribution in [0.25, 0.3) is 105 Å². The maximum atomic E-state index is 2.52. The summed E-state index contributed by atoms with van der Waals surface area (Å²) >= 11 is 0. The van der Waals surface area contributed by atoms with E-state index in [4.69, 9.17) is 0 Å². The van der Waals surface area contributed by atoms with Crippen molar-refractivity contribution in [2.75, 3.05) is 0 Å². The second-order valence-corrected chi connectivity index (χ2v) is 15.8. The fraction of sp³-hybridized carbons (Fsp3) is 0.0357. The Kier molecular flexibility index (Phi) is 7.36. The Morgan fingerprint density at radius 1 is 0.271 bits per heavy atom. The first kappa shape index (κ1) is 33.5. The van der Waals surface area contributed by atoms with E-state index in [2.05, 4.69) is 228 Å². The van der Waals surface area contributed by atoms with Crippen LogP contribution in [0, 0.1) is 13.8 Å². The minimum Gasteiger partial charge on any atom is -0.309 e. The molecule has 12 aromatic rings. The molecule has 0 bridgehead atoms. The number of fused-ring (bicyclic) bond motifs is 9. The van der Waals surface area contributed by atoms with E-state index in [0.717, 1.165) is 17.1 Å². The van der Waals surface area contributed by atoms with Gasteiger partial charge in [0.05, 0.1) is 33.1 Å². The molecule has 0 atom stereocenters. The topological polar surface area (TPSA) is 14.8 Å². The molecule has 0 saturated carbocycles. The second kappa shape index (κ2) is 13.0.